The number of thiophene rings is 1. The van der Waals surface area contributed by atoms with E-state index in [1.165, 1.54) is 0 Å². The molecule has 0 fully saturated rings. The standard InChI is InChI=1S/C30H42O8P2S9/c1-7-13-15-33-23-19(17-21-42-25-26(43-21)47-29(46-25)39(31,35-9-3)36-10-4)41-20(24(23)34-16-14-8-2)18-22-44-27-28(45-22)49-30(48-27)40(32,37-11-5)38-12-6/h17-18,29-30H,7-16H2,1-6H3. The lowest BCUT2D eigenvalue weighted by Gasteiger charge is -2.22. The zero-order valence-corrected chi connectivity index (χ0v) is 37.4. The first-order chi connectivity index (χ1) is 23.7. The first-order valence-corrected chi connectivity index (χ1v) is 27.0. The lowest BCUT2D eigenvalue weighted by molar-refractivity contribution is 0.221. The molecule has 19 heteroatoms. The summed E-state index contributed by atoms with van der Waals surface area (Å²) in [5.41, 5.74) is 0. The van der Waals surface area contributed by atoms with Crippen LogP contribution in [-0.4, -0.2) is 48.3 Å². The van der Waals surface area contributed by atoms with Crippen molar-refractivity contribution < 1.29 is 36.7 Å². The third-order valence-electron chi connectivity index (χ3n) is 6.55. The monoisotopic (exact) mass is 880 g/mol. The highest BCUT2D eigenvalue weighted by Gasteiger charge is 2.47. The highest BCUT2D eigenvalue weighted by atomic mass is 32.3. The second kappa shape index (κ2) is 19.8. The van der Waals surface area contributed by atoms with Crippen molar-refractivity contribution in [2.45, 2.75) is 75.9 Å². The summed E-state index contributed by atoms with van der Waals surface area (Å²) < 4.78 is 68.7. The van der Waals surface area contributed by atoms with E-state index in [1.54, 1.807) is 105 Å². The summed E-state index contributed by atoms with van der Waals surface area (Å²) in [5, 5.41) is 0. The van der Waals surface area contributed by atoms with E-state index in [2.05, 4.69) is 26.0 Å². The Hall–Kier alpha value is 1.36. The van der Waals surface area contributed by atoms with Crippen LogP contribution >= 0.6 is 121 Å². The number of unbranched alkanes of at least 4 members (excludes halogenated alkanes) is 2. The number of rotatable bonds is 20. The average Bonchev–Trinajstić information content (AvgIpc) is 3.86. The van der Waals surface area contributed by atoms with Crippen LogP contribution in [0.2, 0.25) is 0 Å². The van der Waals surface area contributed by atoms with Crippen LogP contribution in [0.4, 0.5) is 0 Å². The number of thioether (sulfide) groups is 8. The van der Waals surface area contributed by atoms with Crippen LogP contribution in [0.1, 0.15) is 77.0 Å². The summed E-state index contributed by atoms with van der Waals surface area (Å²) in [6.07, 6.45) is 8.39. The predicted molar refractivity (Wildman–Crippen MR) is 225 cm³/mol. The molecule has 0 saturated heterocycles. The summed E-state index contributed by atoms with van der Waals surface area (Å²) in [5.74, 6) is 1.59. The van der Waals surface area contributed by atoms with E-state index >= 15 is 0 Å². The van der Waals surface area contributed by atoms with Gasteiger partial charge in [0.1, 0.15) is 0 Å². The van der Waals surface area contributed by atoms with Crippen LogP contribution < -0.4 is 9.47 Å². The second-order valence-corrected chi connectivity index (χ2v) is 27.7. The molecule has 5 rings (SSSR count). The molecule has 0 spiro atoms. The predicted octanol–water partition coefficient (Wildman–Crippen LogP) is 14.0. The average molecular weight is 881 g/mol. The molecule has 4 aliphatic heterocycles. The molecule has 0 unspecified atom stereocenters. The molecular weight excluding hydrogens is 839 g/mol. The van der Waals surface area contributed by atoms with E-state index < -0.39 is 15.2 Å². The van der Waals surface area contributed by atoms with Crippen molar-refractivity contribution in [3.8, 4) is 11.5 Å². The molecule has 0 saturated carbocycles. The molecule has 0 amide bonds. The Bertz CT molecular complexity index is 1390. The molecule has 0 atom stereocenters. The fourth-order valence-corrected chi connectivity index (χ4v) is 25.8. The zero-order chi connectivity index (χ0) is 35.0. The summed E-state index contributed by atoms with van der Waals surface area (Å²) in [6, 6.07) is 0. The van der Waals surface area contributed by atoms with Crippen molar-refractivity contribution in [3.63, 3.8) is 0 Å². The van der Waals surface area contributed by atoms with Gasteiger partial charge in [-0.1, -0.05) is 121 Å². The lowest BCUT2D eigenvalue weighted by atomic mass is 10.3. The maximum absolute atomic E-state index is 13.4. The van der Waals surface area contributed by atoms with Gasteiger partial charge in [-0.15, -0.1) is 11.3 Å². The maximum Gasteiger partial charge on any atom is 0.354 e. The molecular formula is C30H42O8P2S9. The van der Waals surface area contributed by atoms with E-state index in [-0.39, 0.29) is 8.65 Å². The van der Waals surface area contributed by atoms with Gasteiger partial charge in [0.25, 0.3) is 0 Å². The van der Waals surface area contributed by atoms with Crippen LogP contribution in [0.25, 0.3) is 12.2 Å². The SMILES string of the molecule is CCCCOc1c(C=C2SC3=C(S2)SC(P(=O)(OCC)OCC)S3)sc(C=C2SC3=C(S2)SC(P(=O)(OCC)OCC)S3)c1OCCCC. The summed E-state index contributed by atoms with van der Waals surface area (Å²) in [7, 11) is -6.46. The van der Waals surface area contributed by atoms with Gasteiger partial charge in [-0.3, -0.25) is 9.13 Å². The van der Waals surface area contributed by atoms with Crippen LogP contribution in [-0.2, 0) is 27.2 Å². The van der Waals surface area contributed by atoms with E-state index in [0.717, 1.165) is 72.4 Å². The van der Waals surface area contributed by atoms with Crippen molar-refractivity contribution >= 4 is 133 Å². The molecule has 8 nitrogen and oxygen atoms in total. The molecule has 0 bridgehead atoms. The Morgan fingerprint density at radius 2 is 0.878 bits per heavy atom. The lowest BCUT2D eigenvalue weighted by Crippen LogP contribution is -2.04. The van der Waals surface area contributed by atoms with Gasteiger partial charge >= 0.3 is 15.2 Å². The highest BCUT2D eigenvalue weighted by molar-refractivity contribution is 8.49. The smallest absolute Gasteiger partial charge is 0.354 e. The van der Waals surface area contributed by atoms with Gasteiger partial charge in [-0.25, -0.2) is 0 Å². The van der Waals surface area contributed by atoms with Gasteiger partial charge in [0.05, 0.1) is 74.8 Å². The fraction of sp³-hybridized carbons (Fsp3) is 0.600. The maximum atomic E-state index is 13.4. The summed E-state index contributed by atoms with van der Waals surface area (Å²) in [4.78, 5) is 2.05. The molecule has 0 aliphatic carbocycles. The van der Waals surface area contributed by atoms with Gasteiger partial charge < -0.3 is 27.6 Å². The Kier molecular flexibility index (Phi) is 16.8. The molecule has 49 heavy (non-hydrogen) atoms. The Morgan fingerprint density at radius 3 is 1.16 bits per heavy atom. The molecule has 5 heterocycles. The Balaban J connectivity index is 1.36. The van der Waals surface area contributed by atoms with E-state index in [0.29, 0.717) is 39.6 Å². The molecule has 4 aliphatic rings. The third-order valence-corrected chi connectivity index (χ3v) is 26.1. The third kappa shape index (κ3) is 10.4. The van der Waals surface area contributed by atoms with E-state index in [9.17, 15) is 9.13 Å². The minimum atomic E-state index is -3.23. The van der Waals surface area contributed by atoms with Crippen LogP contribution in [0.5, 0.6) is 11.5 Å². The second-order valence-electron chi connectivity index (χ2n) is 10.2. The quantitative estimate of drug-likeness (QED) is 0.0918. The van der Waals surface area contributed by atoms with Crippen molar-refractivity contribution in [1.82, 2.24) is 0 Å². The number of hydrogen-bond donors (Lipinski definition) is 0. The molecule has 1 aromatic heterocycles. The topological polar surface area (TPSA) is 89.5 Å². The number of hydrogen-bond acceptors (Lipinski definition) is 17. The molecule has 0 aromatic carbocycles. The van der Waals surface area contributed by atoms with Crippen molar-refractivity contribution in [2.24, 2.45) is 0 Å². The van der Waals surface area contributed by atoms with Crippen LogP contribution in [0, 0.1) is 0 Å². The van der Waals surface area contributed by atoms with E-state index in [1.807, 2.05) is 27.7 Å². The van der Waals surface area contributed by atoms with Gasteiger partial charge in [-0.2, -0.15) is 0 Å². The number of ether oxygens (including phenoxy) is 2. The van der Waals surface area contributed by atoms with Crippen molar-refractivity contribution in [1.29, 1.82) is 0 Å². The summed E-state index contributed by atoms with van der Waals surface area (Å²) >= 11 is 14.8. The van der Waals surface area contributed by atoms with Gasteiger partial charge in [-0.05, 0) is 52.7 Å². The molecule has 0 N–H and O–H groups in total. The Labute approximate surface area is 328 Å². The molecule has 274 valence electrons. The molecule has 1 aromatic rings. The minimum absolute atomic E-state index is 0.293. The molecule has 0 radical (unpaired) electrons. The van der Waals surface area contributed by atoms with Gasteiger partial charge in [0.15, 0.2) is 20.1 Å². The first-order valence-electron chi connectivity index (χ1n) is 16.2. The van der Waals surface area contributed by atoms with Crippen LogP contribution in [0.15, 0.2) is 25.4 Å². The van der Waals surface area contributed by atoms with Crippen LogP contribution in [0.3, 0.4) is 0 Å². The van der Waals surface area contributed by atoms with E-state index in [4.69, 9.17) is 27.6 Å². The normalized spacial score (nSPS) is 18.7. The van der Waals surface area contributed by atoms with Crippen molar-refractivity contribution in [3.05, 3.63) is 35.2 Å². The Morgan fingerprint density at radius 1 is 0.551 bits per heavy atom. The highest BCUT2D eigenvalue weighted by Crippen LogP contribution is 2.76. The van der Waals surface area contributed by atoms with Crippen molar-refractivity contribution in [2.75, 3.05) is 39.6 Å². The zero-order valence-electron chi connectivity index (χ0n) is 28.2. The largest absolute Gasteiger partial charge is 0.488 e. The summed E-state index contributed by atoms with van der Waals surface area (Å²) in [6.45, 7) is 14.3. The van der Waals surface area contributed by atoms with Gasteiger partial charge in [0, 0.05) is 0 Å². The first kappa shape index (κ1) is 41.5. The fourth-order valence-electron chi connectivity index (χ4n) is 4.44. The van der Waals surface area contributed by atoms with Gasteiger partial charge in [0.2, 0.25) is 0 Å². The minimum Gasteiger partial charge on any atom is -0.488 e.